The number of nitrogens with zero attached hydrogens (tertiary/aromatic N) is 2. The number of aliphatic hydroxyl groups is 1. The van der Waals surface area contributed by atoms with Crippen molar-refractivity contribution in [1.29, 1.82) is 0 Å². The number of amides is 1. The second-order valence-electron chi connectivity index (χ2n) is 6.24. The maximum atomic E-state index is 11.4. The zero-order chi connectivity index (χ0) is 20.1. The van der Waals surface area contributed by atoms with Gasteiger partial charge in [0.2, 0.25) is 5.91 Å². The first-order chi connectivity index (χ1) is 12.7. The standard InChI is InChI=1S/C19H20ClN3O4/c1-11-8-15(5-7-18(11)23(26)27)19(22-21-13(3)25)17-10-16(20)6-4-14(17)9-12(2)24/h4-8,10,12,24H,9H2,1-3H3,(H,21,25). The van der Waals surface area contributed by atoms with E-state index in [0.29, 0.717) is 33.8 Å². The molecule has 0 aliphatic carbocycles. The van der Waals surface area contributed by atoms with Crippen molar-refractivity contribution < 1.29 is 14.8 Å². The van der Waals surface area contributed by atoms with Gasteiger partial charge in [0.05, 0.1) is 16.7 Å². The van der Waals surface area contributed by atoms with Crippen molar-refractivity contribution in [3.63, 3.8) is 0 Å². The summed E-state index contributed by atoms with van der Waals surface area (Å²) in [6, 6.07) is 9.78. The van der Waals surface area contributed by atoms with Crippen LogP contribution in [0.1, 0.15) is 36.1 Å². The Bertz CT molecular complexity index is 910. The minimum atomic E-state index is -0.592. The Kier molecular flexibility index (Phi) is 6.65. The maximum absolute atomic E-state index is 11.4. The van der Waals surface area contributed by atoms with Gasteiger partial charge in [-0.15, -0.1) is 0 Å². The third kappa shape index (κ3) is 5.35. The van der Waals surface area contributed by atoms with E-state index in [1.165, 1.54) is 13.0 Å². The number of benzene rings is 2. The molecule has 0 spiro atoms. The number of halogens is 1. The van der Waals surface area contributed by atoms with Gasteiger partial charge in [0.15, 0.2) is 0 Å². The van der Waals surface area contributed by atoms with Gasteiger partial charge in [0, 0.05) is 34.7 Å². The average molecular weight is 390 g/mol. The molecule has 0 aliphatic rings. The lowest BCUT2D eigenvalue weighted by atomic mass is 9.93. The van der Waals surface area contributed by atoms with Gasteiger partial charge in [-0.2, -0.15) is 5.10 Å². The summed E-state index contributed by atoms with van der Waals surface area (Å²) >= 11 is 6.15. The molecule has 142 valence electrons. The quantitative estimate of drug-likeness (QED) is 0.449. The van der Waals surface area contributed by atoms with Crippen LogP contribution < -0.4 is 5.43 Å². The van der Waals surface area contributed by atoms with E-state index in [-0.39, 0.29) is 11.6 Å². The Morgan fingerprint density at radius 2 is 2.04 bits per heavy atom. The lowest BCUT2D eigenvalue weighted by molar-refractivity contribution is -0.385. The van der Waals surface area contributed by atoms with Crippen LogP contribution in [0.3, 0.4) is 0 Å². The monoisotopic (exact) mass is 389 g/mol. The van der Waals surface area contributed by atoms with Gasteiger partial charge in [-0.25, -0.2) is 5.43 Å². The zero-order valence-corrected chi connectivity index (χ0v) is 15.9. The third-order valence-corrected chi connectivity index (χ3v) is 4.07. The fourth-order valence-electron chi connectivity index (χ4n) is 2.69. The average Bonchev–Trinajstić information content (AvgIpc) is 2.56. The Morgan fingerprint density at radius 1 is 1.33 bits per heavy atom. The smallest absolute Gasteiger partial charge is 0.272 e. The molecular formula is C19H20ClN3O4. The Balaban J connectivity index is 2.65. The molecule has 0 radical (unpaired) electrons. The molecule has 1 atom stereocenters. The van der Waals surface area contributed by atoms with Gasteiger partial charge < -0.3 is 5.11 Å². The molecule has 2 aromatic rings. The molecule has 7 nitrogen and oxygen atoms in total. The van der Waals surface area contributed by atoms with Crippen molar-refractivity contribution in [2.24, 2.45) is 5.10 Å². The largest absolute Gasteiger partial charge is 0.393 e. The van der Waals surface area contributed by atoms with Crippen LogP contribution >= 0.6 is 11.6 Å². The van der Waals surface area contributed by atoms with Crippen molar-refractivity contribution in [3.05, 3.63) is 73.8 Å². The number of carbonyl (C=O) groups excluding carboxylic acids is 1. The molecule has 0 heterocycles. The lowest BCUT2D eigenvalue weighted by Gasteiger charge is -2.15. The van der Waals surface area contributed by atoms with E-state index >= 15 is 0 Å². The van der Waals surface area contributed by atoms with E-state index in [2.05, 4.69) is 10.5 Å². The summed E-state index contributed by atoms with van der Waals surface area (Å²) in [5, 5.41) is 25.5. The van der Waals surface area contributed by atoms with Crippen LogP contribution in [-0.4, -0.2) is 27.8 Å². The highest BCUT2D eigenvalue weighted by atomic mass is 35.5. The summed E-state index contributed by atoms with van der Waals surface area (Å²) in [6.45, 7) is 4.63. The van der Waals surface area contributed by atoms with E-state index in [0.717, 1.165) is 5.56 Å². The molecule has 0 saturated heterocycles. The fraction of sp³-hybridized carbons (Fsp3) is 0.263. The number of nitro benzene ring substituents is 1. The highest BCUT2D eigenvalue weighted by Crippen LogP contribution is 2.25. The topological polar surface area (TPSA) is 105 Å². The molecule has 0 aliphatic heterocycles. The number of carbonyl (C=O) groups is 1. The zero-order valence-electron chi connectivity index (χ0n) is 15.2. The highest BCUT2D eigenvalue weighted by molar-refractivity contribution is 6.31. The molecule has 0 saturated carbocycles. The summed E-state index contributed by atoms with van der Waals surface area (Å²) in [6.07, 6.45) is -0.233. The van der Waals surface area contributed by atoms with Crippen LogP contribution in [-0.2, 0) is 11.2 Å². The number of hydrazone groups is 1. The number of hydrogen-bond donors (Lipinski definition) is 2. The fourth-order valence-corrected chi connectivity index (χ4v) is 2.86. The molecule has 0 bridgehead atoms. The Morgan fingerprint density at radius 3 is 2.59 bits per heavy atom. The van der Waals surface area contributed by atoms with Gasteiger partial charge in [0.1, 0.15) is 0 Å². The SMILES string of the molecule is CC(=O)NN=C(c1ccc([N+](=O)[O-])c(C)c1)c1cc(Cl)ccc1CC(C)O. The van der Waals surface area contributed by atoms with Crippen LogP contribution in [0.4, 0.5) is 5.69 Å². The molecule has 0 fully saturated rings. The third-order valence-electron chi connectivity index (χ3n) is 3.83. The number of aryl methyl sites for hydroxylation is 1. The molecule has 27 heavy (non-hydrogen) atoms. The molecule has 2 rings (SSSR count). The first-order valence-electron chi connectivity index (χ1n) is 8.25. The van der Waals surface area contributed by atoms with Gasteiger partial charge >= 0.3 is 0 Å². The van der Waals surface area contributed by atoms with Crippen LogP contribution in [0.2, 0.25) is 5.02 Å². The number of nitro groups is 1. The molecule has 2 N–H and O–H groups in total. The maximum Gasteiger partial charge on any atom is 0.272 e. The Hall–Kier alpha value is -2.77. The summed E-state index contributed by atoms with van der Waals surface area (Å²) in [5.41, 5.74) is 5.27. The second-order valence-corrected chi connectivity index (χ2v) is 6.68. The van der Waals surface area contributed by atoms with E-state index in [4.69, 9.17) is 11.6 Å². The van der Waals surface area contributed by atoms with Gasteiger partial charge in [-0.05, 0) is 50.1 Å². The van der Waals surface area contributed by atoms with E-state index in [1.54, 1.807) is 44.2 Å². The van der Waals surface area contributed by atoms with Crippen molar-refractivity contribution in [2.75, 3.05) is 0 Å². The number of nitrogens with one attached hydrogen (secondary N) is 1. The van der Waals surface area contributed by atoms with Crippen LogP contribution in [0.5, 0.6) is 0 Å². The molecular weight excluding hydrogens is 370 g/mol. The minimum Gasteiger partial charge on any atom is -0.393 e. The number of rotatable bonds is 6. The Labute approximate surface area is 161 Å². The van der Waals surface area contributed by atoms with Crippen LogP contribution in [0.15, 0.2) is 41.5 Å². The van der Waals surface area contributed by atoms with E-state index in [1.807, 2.05) is 0 Å². The molecule has 1 amide bonds. The highest BCUT2D eigenvalue weighted by Gasteiger charge is 2.18. The second kappa shape index (κ2) is 8.75. The predicted octanol–water partition coefficient (Wildman–Crippen LogP) is 3.37. The summed E-state index contributed by atoms with van der Waals surface area (Å²) in [4.78, 5) is 22.0. The number of aliphatic hydroxyl groups excluding tert-OH is 1. The molecule has 0 aromatic heterocycles. The lowest BCUT2D eigenvalue weighted by Crippen LogP contribution is -2.19. The van der Waals surface area contributed by atoms with Gasteiger partial charge in [-0.3, -0.25) is 14.9 Å². The van der Waals surface area contributed by atoms with Gasteiger partial charge in [-0.1, -0.05) is 17.7 Å². The minimum absolute atomic E-state index is 0.00655. The predicted molar refractivity (Wildman–Crippen MR) is 104 cm³/mol. The van der Waals surface area contributed by atoms with Crippen molar-refractivity contribution in [1.82, 2.24) is 5.43 Å². The first-order valence-corrected chi connectivity index (χ1v) is 8.63. The first kappa shape index (κ1) is 20.5. The van der Waals surface area contributed by atoms with Gasteiger partial charge in [0.25, 0.3) is 5.69 Å². The summed E-state index contributed by atoms with van der Waals surface area (Å²) < 4.78 is 0. The normalized spacial score (nSPS) is 12.6. The van der Waals surface area contributed by atoms with Crippen LogP contribution in [0.25, 0.3) is 0 Å². The molecule has 8 heteroatoms. The summed E-state index contributed by atoms with van der Waals surface area (Å²) in [7, 11) is 0. The van der Waals surface area contributed by atoms with Crippen molar-refractivity contribution in [2.45, 2.75) is 33.3 Å². The van der Waals surface area contributed by atoms with E-state index in [9.17, 15) is 20.0 Å². The summed E-state index contributed by atoms with van der Waals surface area (Å²) in [5.74, 6) is -0.356. The van der Waals surface area contributed by atoms with Crippen molar-refractivity contribution in [3.8, 4) is 0 Å². The van der Waals surface area contributed by atoms with Crippen LogP contribution in [0, 0.1) is 17.0 Å². The molecule has 2 aromatic carbocycles. The number of hydrogen-bond acceptors (Lipinski definition) is 5. The van der Waals surface area contributed by atoms with E-state index < -0.39 is 11.0 Å². The molecule has 1 unspecified atom stereocenters. The van der Waals surface area contributed by atoms with Crippen molar-refractivity contribution >= 4 is 28.9 Å².